The SMILES string of the molecule is Cc1csc(C2(N)CC2)n1. The smallest absolute Gasteiger partial charge is 0.113 e. The second kappa shape index (κ2) is 1.80. The van der Waals surface area contributed by atoms with E-state index in [0.29, 0.717) is 0 Å². The molecule has 2 N–H and O–H groups in total. The van der Waals surface area contributed by atoms with Crippen molar-refractivity contribution in [1.29, 1.82) is 0 Å². The van der Waals surface area contributed by atoms with Gasteiger partial charge in [0.15, 0.2) is 0 Å². The van der Waals surface area contributed by atoms with Crippen LogP contribution in [-0.2, 0) is 5.54 Å². The molecule has 54 valence electrons. The van der Waals surface area contributed by atoms with E-state index < -0.39 is 0 Å². The zero-order chi connectivity index (χ0) is 7.19. The molecule has 10 heavy (non-hydrogen) atoms. The van der Waals surface area contributed by atoms with E-state index in [1.807, 2.05) is 6.92 Å². The molecule has 1 saturated carbocycles. The minimum Gasteiger partial charge on any atom is -0.319 e. The Bertz CT molecular complexity index is 250. The van der Waals surface area contributed by atoms with Crippen LogP contribution in [0.4, 0.5) is 0 Å². The third-order valence-electron chi connectivity index (χ3n) is 1.83. The molecule has 0 radical (unpaired) electrons. The highest BCUT2D eigenvalue weighted by Crippen LogP contribution is 2.43. The Kier molecular flexibility index (Phi) is 1.13. The van der Waals surface area contributed by atoms with Crippen LogP contribution in [0.1, 0.15) is 23.5 Å². The minimum atomic E-state index is -0.0288. The Balaban J connectivity index is 2.34. The topological polar surface area (TPSA) is 38.9 Å². The van der Waals surface area contributed by atoms with Crippen molar-refractivity contribution in [2.75, 3.05) is 0 Å². The number of hydrogen-bond donors (Lipinski definition) is 1. The number of aryl methyl sites for hydroxylation is 1. The third kappa shape index (κ3) is 0.859. The molecule has 0 spiro atoms. The van der Waals surface area contributed by atoms with E-state index in [-0.39, 0.29) is 5.54 Å². The lowest BCUT2D eigenvalue weighted by atomic mass is 10.3. The van der Waals surface area contributed by atoms with Crippen LogP contribution < -0.4 is 5.73 Å². The van der Waals surface area contributed by atoms with Crippen LogP contribution in [0.15, 0.2) is 5.38 Å². The first-order valence-electron chi connectivity index (χ1n) is 3.42. The van der Waals surface area contributed by atoms with Gasteiger partial charge < -0.3 is 5.73 Å². The summed E-state index contributed by atoms with van der Waals surface area (Å²) in [7, 11) is 0. The maximum absolute atomic E-state index is 5.93. The second-order valence-corrected chi connectivity index (χ2v) is 3.81. The van der Waals surface area contributed by atoms with Gasteiger partial charge in [-0.2, -0.15) is 0 Å². The molecule has 1 aliphatic carbocycles. The molecule has 0 amide bonds. The van der Waals surface area contributed by atoms with E-state index in [9.17, 15) is 0 Å². The van der Waals surface area contributed by atoms with E-state index in [0.717, 1.165) is 23.5 Å². The molecule has 3 heteroatoms. The number of nitrogens with zero attached hydrogens (tertiary/aromatic N) is 1. The maximum atomic E-state index is 5.93. The van der Waals surface area contributed by atoms with E-state index in [2.05, 4.69) is 10.4 Å². The fourth-order valence-electron chi connectivity index (χ4n) is 0.931. The van der Waals surface area contributed by atoms with Gasteiger partial charge in [-0.1, -0.05) is 0 Å². The Labute approximate surface area is 64.1 Å². The van der Waals surface area contributed by atoms with Gasteiger partial charge in [0.05, 0.1) is 5.54 Å². The van der Waals surface area contributed by atoms with Gasteiger partial charge in [0.2, 0.25) is 0 Å². The van der Waals surface area contributed by atoms with Gasteiger partial charge in [-0.15, -0.1) is 11.3 Å². The highest BCUT2D eigenvalue weighted by molar-refractivity contribution is 7.09. The molecule has 1 aliphatic rings. The molecular weight excluding hydrogens is 144 g/mol. The summed E-state index contributed by atoms with van der Waals surface area (Å²) in [6.45, 7) is 2.01. The van der Waals surface area contributed by atoms with Crippen molar-refractivity contribution in [3.05, 3.63) is 16.1 Å². The van der Waals surface area contributed by atoms with E-state index in [4.69, 9.17) is 5.73 Å². The van der Waals surface area contributed by atoms with Crippen LogP contribution in [-0.4, -0.2) is 4.98 Å². The van der Waals surface area contributed by atoms with Crippen molar-refractivity contribution in [1.82, 2.24) is 4.98 Å². The van der Waals surface area contributed by atoms with Crippen molar-refractivity contribution < 1.29 is 0 Å². The Morgan fingerprint density at radius 1 is 1.70 bits per heavy atom. The minimum absolute atomic E-state index is 0.0288. The second-order valence-electron chi connectivity index (χ2n) is 2.95. The Hall–Kier alpha value is -0.410. The Morgan fingerprint density at radius 3 is 2.80 bits per heavy atom. The van der Waals surface area contributed by atoms with Crippen molar-refractivity contribution in [2.45, 2.75) is 25.3 Å². The average Bonchev–Trinajstić information content (AvgIpc) is 2.45. The third-order valence-corrected chi connectivity index (χ3v) is 3.01. The fourth-order valence-corrected chi connectivity index (χ4v) is 1.90. The molecule has 0 saturated heterocycles. The summed E-state index contributed by atoms with van der Waals surface area (Å²) in [6.07, 6.45) is 2.22. The van der Waals surface area contributed by atoms with Gasteiger partial charge in [-0.3, -0.25) is 0 Å². The summed E-state index contributed by atoms with van der Waals surface area (Å²) in [5.41, 5.74) is 6.99. The highest BCUT2D eigenvalue weighted by Gasteiger charge is 2.42. The first kappa shape index (κ1) is 6.31. The molecule has 0 atom stereocenters. The summed E-state index contributed by atoms with van der Waals surface area (Å²) in [6, 6.07) is 0. The molecule has 1 aromatic heterocycles. The number of nitrogens with two attached hydrogens (primary N) is 1. The van der Waals surface area contributed by atoms with Crippen LogP contribution >= 0.6 is 11.3 Å². The summed E-state index contributed by atoms with van der Waals surface area (Å²) < 4.78 is 0. The number of thiazole rings is 1. The lowest BCUT2D eigenvalue weighted by molar-refractivity contribution is 0.728. The van der Waals surface area contributed by atoms with Gasteiger partial charge in [-0.25, -0.2) is 4.98 Å². The largest absolute Gasteiger partial charge is 0.319 e. The summed E-state index contributed by atoms with van der Waals surface area (Å²) in [5, 5.41) is 3.17. The van der Waals surface area contributed by atoms with E-state index in [1.165, 1.54) is 0 Å². The van der Waals surface area contributed by atoms with Crippen LogP contribution in [0.3, 0.4) is 0 Å². The standard InChI is InChI=1S/C7H10N2S/c1-5-4-10-6(9-5)7(8)2-3-7/h4H,2-3,8H2,1H3. The van der Waals surface area contributed by atoms with Crippen molar-refractivity contribution in [2.24, 2.45) is 5.73 Å². The van der Waals surface area contributed by atoms with Crippen LogP contribution in [0, 0.1) is 6.92 Å². The number of rotatable bonds is 1. The van der Waals surface area contributed by atoms with Gasteiger partial charge in [-0.05, 0) is 19.8 Å². The predicted molar refractivity (Wildman–Crippen MR) is 42.0 cm³/mol. The molecule has 0 aromatic carbocycles. The highest BCUT2D eigenvalue weighted by atomic mass is 32.1. The van der Waals surface area contributed by atoms with Crippen LogP contribution in [0.25, 0.3) is 0 Å². The molecule has 2 nitrogen and oxygen atoms in total. The van der Waals surface area contributed by atoms with Crippen LogP contribution in [0.2, 0.25) is 0 Å². The summed E-state index contributed by atoms with van der Waals surface area (Å²) in [5.74, 6) is 0. The fraction of sp³-hybridized carbons (Fsp3) is 0.571. The number of hydrogen-bond acceptors (Lipinski definition) is 3. The summed E-state index contributed by atoms with van der Waals surface area (Å²) >= 11 is 1.68. The van der Waals surface area contributed by atoms with E-state index in [1.54, 1.807) is 11.3 Å². The molecule has 0 bridgehead atoms. The molecule has 0 aliphatic heterocycles. The summed E-state index contributed by atoms with van der Waals surface area (Å²) in [4.78, 5) is 4.34. The first-order chi connectivity index (χ1) is 4.71. The monoisotopic (exact) mass is 154 g/mol. The number of aromatic nitrogens is 1. The lowest BCUT2D eigenvalue weighted by Crippen LogP contribution is -2.18. The van der Waals surface area contributed by atoms with Crippen molar-refractivity contribution in [3.8, 4) is 0 Å². The zero-order valence-electron chi connectivity index (χ0n) is 5.92. The van der Waals surface area contributed by atoms with Gasteiger partial charge in [0, 0.05) is 11.1 Å². The van der Waals surface area contributed by atoms with Gasteiger partial charge >= 0.3 is 0 Å². The van der Waals surface area contributed by atoms with Crippen molar-refractivity contribution in [3.63, 3.8) is 0 Å². The molecule has 1 fully saturated rings. The zero-order valence-corrected chi connectivity index (χ0v) is 6.74. The molecule has 1 heterocycles. The van der Waals surface area contributed by atoms with Gasteiger partial charge in [0.1, 0.15) is 5.01 Å². The molecule has 2 rings (SSSR count). The first-order valence-corrected chi connectivity index (χ1v) is 4.30. The Morgan fingerprint density at radius 2 is 2.40 bits per heavy atom. The predicted octanol–water partition coefficient (Wildman–Crippen LogP) is 1.40. The van der Waals surface area contributed by atoms with E-state index >= 15 is 0 Å². The van der Waals surface area contributed by atoms with Crippen molar-refractivity contribution >= 4 is 11.3 Å². The molecule has 1 aromatic rings. The molecule has 0 unspecified atom stereocenters. The average molecular weight is 154 g/mol. The van der Waals surface area contributed by atoms with Gasteiger partial charge in [0.25, 0.3) is 0 Å². The maximum Gasteiger partial charge on any atom is 0.113 e. The molecular formula is C7H10N2S. The normalized spacial score (nSPS) is 21.0. The van der Waals surface area contributed by atoms with Crippen LogP contribution in [0.5, 0.6) is 0 Å². The quantitative estimate of drug-likeness (QED) is 0.664. The lowest BCUT2D eigenvalue weighted by Gasteiger charge is -2.00.